The van der Waals surface area contributed by atoms with Crippen LogP contribution in [0.2, 0.25) is 10.0 Å². The Morgan fingerprint density at radius 3 is 2.55 bits per heavy atom. The maximum atomic E-state index is 13.0. The van der Waals surface area contributed by atoms with Crippen molar-refractivity contribution in [1.82, 2.24) is 9.97 Å². The molecule has 150 valence electrons. The standard InChI is InChI=1S/C22H21Cl2N3O2/c1-29-20-9-6-15(23)10-18(20)21(28)13-3-7-17(8-4-13)26-22-25-12-14-2-5-16(24)11-19(14)27-22/h2,5-6,9-13,17H,3-4,7-8H2,1H3,(H,25,26,27). The molecule has 0 spiro atoms. The van der Waals surface area contributed by atoms with E-state index in [0.717, 1.165) is 36.6 Å². The molecule has 29 heavy (non-hydrogen) atoms. The molecule has 0 amide bonds. The molecule has 1 N–H and O–H groups in total. The Kier molecular flexibility index (Phi) is 5.88. The molecule has 0 bridgehead atoms. The molecule has 0 saturated heterocycles. The lowest BCUT2D eigenvalue weighted by Gasteiger charge is -2.28. The molecule has 5 nitrogen and oxygen atoms in total. The molecule has 1 aliphatic carbocycles. The number of ketones is 1. The van der Waals surface area contributed by atoms with Gasteiger partial charge in [-0.2, -0.15) is 0 Å². The van der Waals surface area contributed by atoms with E-state index in [2.05, 4.69) is 15.3 Å². The fourth-order valence-corrected chi connectivity index (χ4v) is 4.18. The van der Waals surface area contributed by atoms with Crippen LogP contribution < -0.4 is 10.1 Å². The summed E-state index contributed by atoms with van der Waals surface area (Å²) in [4.78, 5) is 21.9. The van der Waals surface area contributed by atoms with Crippen molar-refractivity contribution in [3.8, 4) is 5.75 Å². The quantitative estimate of drug-likeness (QED) is 0.519. The third kappa shape index (κ3) is 4.46. The van der Waals surface area contributed by atoms with E-state index in [-0.39, 0.29) is 17.7 Å². The number of carbonyl (C=O) groups is 1. The van der Waals surface area contributed by atoms with Crippen molar-refractivity contribution in [1.29, 1.82) is 0 Å². The summed E-state index contributed by atoms with van der Waals surface area (Å²) in [6.45, 7) is 0. The zero-order valence-corrected chi connectivity index (χ0v) is 17.5. The Labute approximate surface area is 179 Å². The van der Waals surface area contributed by atoms with E-state index in [4.69, 9.17) is 27.9 Å². The number of carbonyl (C=O) groups excluding carboxylic acids is 1. The molecule has 4 rings (SSSR count). The van der Waals surface area contributed by atoms with Crippen LogP contribution in [0.3, 0.4) is 0 Å². The van der Waals surface area contributed by atoms with Crippen molar-refractivity contribution in [2.24, 2.45) is 5.92 Å². The van der Waals surface area contributed by atoms with Gasteiger partial charge in [0.2, 0.25) is 5.95 Å². The number of methoxy groups -OCH3 is 1. The molecule has 1 saturated carbocycles. The van der Waals surface area contributed by atoms with Gasteiger partial charge in [0, 0.05) is 33.6 Å². The number of hydrogen-bond acceptors (Lipinski definition) is 5. The van der Waals surface area contributed by atoms with E-state index >= 15 is 0 Å². The fraction of sp³-hybridized carbons (Fsp3) is 0.318. The number of anilines is 1. The summed E-state index contributed by atoms with van der Waals surface area (Å²) in [6, 6.07) is 11.0. The first kappa shape index (κ1) is 19.9. The lowest BCUT2D eigenvalue weighted by atomic mass is 9.81. The van der Waals surface area contributed by atoms with E-state index in [9.17, 15) is 4.79 Å². The van der Waals surface area contributed by atoms with E-state index in [1.807, 2.05) is 18.2 Å². The number of aromatic nitrogens is 2. The Balaban J connectivity index is 1.41. The van der Waals surface area contributed by atoms with Gasteiger partial charge >= 0.3 is 0 Å². The summed E-state index contributed by atoms with van der Waals surface area (Å²) in [7, 11) is 1.57. The first-order chi connectivity index (χ1) is 14.0. The van der Waals surface area contributed by atoms with Gasteiger partial charge in [-0.25, -0.2) is 9.97 Å². The molecule has 7 heteroatoms. The van der Waals surface area contributed by atoms with Gasteiger partial charge in [0.1, 0.15) is 5.75 Å². The van der Waals surface area contributed by atoms with Crippen LogP contribution in [-0.2, 0) is 0 Å². The van der Waals surface area contributed by atoms with Crippen molar-refractivity contribution < 1.29 is 9.53 Å². The molecule has 0 unspecified atom stereocenters. The molecule has 0 radical (unpaired) electrons. The normalized spacial score (nSPS) is 19.1. The highest BCUT2D eigenvalue weighted by atomic mass is 35.5. The molecular weight excluding hydrogens is 409 g/mol. The van der Waals surface area contributed by atoms with Crippen LogP contribution in [0.1, 0.15) is 36.0 Å². The van der Waals surface area contributed by atoms with Crippen LogP contribution in [0.5, 0.6) is 5.75 Å². The summed E-state index contributed by atoms with van der Waals surface area (Å²) < 4.78 is 5.34. The Bertz CT molecular complexity index is 1050. The van der Waals surface area contributed by atoms with Gasteiger partial charge in [0.25, 0.3) is 0 Å². The Morgan fingerprint density at radius 2 is 1.79 bits per heavy atom. The van der Waals surface area contributed by atoms with Gasteiger partial charge < -0.3 is 10.1 Å². The third-order valence-electron chi connectivity index (χ3n) is 5.40. The predicted octanol–water partition coefficient (Wildman–Crippen LogP) is 5.80. The molecule has 1 aromatic heterocycles. The van der Waals surface area contributed by atoms with Crippen molar-refractivity contribution >= 4 is 45.8 Å². The first-order valence-electron chi connectivity index (χ1n) is 9.60. The lowest BCUT2D eigenvalue weighted by Crippen LogP contribution is -2.30. The number of fused-ring (bicyclic) bond motifs is 1. The van der Waals surface area contributed by atoms with Crippen molar-refractivity contribution in [2.45, 2.75) is 31.7 Å². The van der Waals surface area contributed by atoms with E-state index in [1.54, 1.807) is 31.5 Å². The summed E-state index contributed by atoms with van der Waals surface area (Å²) in [5, 5.41) is 5.54. The number of ether oxygens (including phenoxy) is 1. The maximum Gasteiger partial charge on any atom is 0.223 e. The van der Waals surface area contributed by atoms with Gasteiger partial charge in [-0.3, -0.25) is 4.79 Å². The van der Waals surface area contributed by atoms with Crippen LogP contribution in [0.4, 0.5) is 5.95 Å². The Hall–Kier alpha value is -2.37. The van der Waals surface area contributed by atoms with Gasteiger partial charge in [0.05, 0.1) is 18.2 Å². The average Bonchev–Trinajstić information content (AvgIpc) is 2.73. The number of Topliss-reactive ketones (excluding diaryl/α,β-unsaturated/α-hetero) is 1. The molecule has 2 aromatic carbocycles. The Morgan fingerprint density at radius 1 is 1.07 bits per heavy atom. The van der Waals surface area contributed by atoms with Crippen LogP contribution in [0, 0.1) is 5.92 Å². The first-order valence-corrected chi connectivity index (χ1v) is 10.4. The molecule has 0 aliphatic heterocycles. The number of rotatable bonds is 5. The van der Waals surface area contributed by atoms with Crippen molar-refractivity contribution in [2.75, 3.05) is 12.4 Å². The van der Waals surface area contributed by atoms with Gasteiger partial charge in [-0.15, -0.1) is 0 Å². The highest BCUT2D eigenvalue weighted by Crippen LogP contribution is 2.32. The van der Waals surface area contributed by atoms with E-state index in [0.29, 0.717) is 27.3 Å². The number of nitrogens with one attached hydrogen (secondary N) is 1. The van der Waals surface area contributed by atoms with Crippen LogP contribution in [0.25, 0.3) is 10.9 Å². The monoisotopic (exact) mass is 429 g/mol. The lowest BCUT2D eigenvalue weighted by molar-refractivity contribution is 0.0883. The van der Waals surface area contributed by atoms with E-state index < -0.39 is 0 Å². The number of benzene rings is 2. The van der Waals surface area contributed by atoms with Gasteiger partial charge in [-0.1, -0.05) is 23.2 Å². The molecular formula is C22H21Cl2N3O2. The summed E-state index contributed by atoms with van der Waals surface area (Å²) >= 11 is 12.1. The SMILES string of the molecule is COc1ccc(Cl)cc1C(=O)C1CCC(Nc2ncc3ccc(Cl)cc3n2)CC1. The number of halogens is 2. The van der Waals surface area contributed by atoms with Gasteiger partial charge in [0.15, 0.2) is 5.78 Å². The third-order valence-corrected chi connectivity index (χ3v) is 5.87. The second-order valence-corrected chi connectivity index (χ2v) is 8.17. The smallest absolute Gasteiger partial charge is 0.223 e. The second-order valence-electron chi connectivity index (χ2n) is 7.30. The average molecular weight is 430 g/mol. The predicted molar refractivity (Wildman–Crippen MR) is 116 cm³/mol. The topological polar surface area (TPSA) is 64.1 Å². The molecule has 3 aromatic rings. The van der Waals surface area contributed by atoms with Crippen LogP contribution >= 0.6 is 23.2 Å². The highest BCUT2D eigenvalue weighted by molar-refractivity contribution is 6.31. The van der Waals surface area contributed by atoms with E-state index in [1.165, 1.54) is 0 Å². The number of nitrogens with zero attached hydrogens (tertiary/aromatic N) is 2. The zero-order valence-electron chi connectivity index (χ0n) is 16.0. The molecule has 1 fully saturated rings. The van der Waals surface area contributed by atoms with Crippen molar-refractivity contribution in [3.63, 3.8) is 0 Å². The minimum Gasteiger partial charge on any atom is -0.496 e. The minimum absolute atomic E-state index is 0.0308. The minimum atomic E-state index is -0.0308. The number of hydrogen-bond donors (Lipinski definition) is 1. The summed E-state index contributed by atoms with van der Waals surface area (Å²) in [5.41, 5.74) is 1.37. The van der Waals surface area contributed by atoms with Crippen LogP contribution in [0.15, 0.2) is 42.6 Å². The summed E-state index contributed by atoms with van der Waals surface area (Å²) in [6.07, 6.45) is 5.13. The molecule has 1 aliphatic rings. The summed E-state index contributed by atoms with van der Waals surface area (Å²) in [5.74, 6) is 1.23. The molecule has 1 heterocycles. The second kappa shape index (κ2) is 8.56. The van der Waals surface area contributed by atoms with Gasteiger partial charge in [-0.05, 0) is 62.1 Å². The highest BCUT2D eigenvalue weighted by Gasteiger charge is 2.29. The zero-order chi connectivity index (χ0) is 20.4. The fourth-order valence-electron chi connectivity index (χ4n) is 3.84. The largest absolute Gasteiger partial charge is 0.496 e. The van der Waals surface area contributed by atoms with Crippen molar-refractivity contribution in [3.05, 3.63) is 58.2 Å². The van der Waals surface area contributed by atoms with Crippen LogP contribution in [-0.4, -0.2) is 28.9 Å². The maximum absolute atomic E-state index is 13.0. The molecule has 0 atom stereocenters.